The van der Waals surface area contributed by atoms with Crippen molar-refractivity contribution in [3.05, 3.63) is 89.0 Å². The Morgan fingerprint density at radius 2 is 1.58 bits per heavy atom. The molecule has 4 aliphatic rings. The molecule has 8 rings (SSSR count). The van der Waals surface area contributed by atoms with Crippen molar-refractivity contribution >= 4 is 40.2 Å². The van der Waals surface area contributed by atoms with E-state index in [0.29, 0.717) is 45.9 Å². The van der Waals surface area contributed by atoms with E-state index >= 15 is 0 Å². The minimum Gasteiger partial charge on any atom is -0.502 e. The van der Waals surface area contributed by atoms with Crippen LogP contribution in [-0.2, 0) is 19.2 Å². The molecular formula is C40H36N2O8. The maximum absolute atomic E-state index is 14.5. The number of phenolic OH excluding ortho intramolecular Hbond substituents is 1. The Hall–Kier alpha value is -5.51. The molecule has 1 saturated carbocycles. The quantitative estimate of drug-likeness (QED) is 0.184. The van der Waals surface area contributed by atoms with Crippen LogP contribution in [0.25, 0.3) is 22.6 Å². The number of anilines is 1. The number of hydrogen-bond acceptors (Lipinski definition) is 9. The lowest BCUT2D eigenvalue weighted by atomic mass is 9.46. The molecule has 2 amide bonds. The first-order chi connectivity index (χ1) is 24.0. The fraction of sp³-hybridized carbons (Fsp3) is 0.325. The number of carbonyl (C=O) groups excluding carboxylic acids is 4. The van der Waals surface area contributed by atoms with Gasteiger partial charge in [0.25, 0.3) is 0 Å². The number of Topliss-reactive ketones (excluding diaryl/α,β-unsaturated/α-hetero) is 2. The summed E-state index contributed by atoms with van der Waals surface area (Å²) in [7, 11) is 2.86. The molecule has 1 saturated heterocycles. The number of benzene rings is 3. The van der Waals surface area contributed by atoms with Crippen LogP contribution in [0.5, 0.6) is 17.2 Å². The molecule has 4 aromatic rings. The number of oxazole rings is 1. The zero-order valence-electron chi connectivity index (χ0n) is 28.4. The van der Waals surface area contributed by atoms with E-state index in [-0.39, 0.29) is 47.1 Å². The van der Waals surface area contributed by atoms with Crippen LogP contribution in [0.3, 0.4) is 0 Å². The molecule has 3 aromatic carbocycles. The van der Waals surface area contributed by atoms with E-state index in [4.69, 9.17) is 13.9 Å². The Labute approximate surface area is 288 Å². The van der Waals surface area contributed by atoms with Gasteiger partial charge >= 0.3 is 0 Å². The number of para-hydroxylation sites is 2. The monoisotopic (exact) mass is 672 g/mol. The summed E-state index contributed by atoms with van der Waals surface area (Å²) in [6.07, 6.45) is 2.55. The highest BCUT2D eigenvalue weighted by Gasteiger charge is 2.64. The van der Waals surface area contributed by atoms with Crippen molar-refractivity contribution in [3.63, 3.8) is 0 Å². The van der Waals surface area contributed by atoms with Crippen LogP contribution >= 0.6 is 0 Å². The number of methoxy groups -OCH3 is 2. The summed E-state index contributed by atoms with van der Waals surface area (Å²) in [5.41, 5.74) is 3.66. The third kappa shape index (κ3) is 4.30. The topological polar surface area (TPSA) is 136 Å². The van der Waals surface area contributed by atoms with Gasteiger partial charge < -0.3 is 19.0 Å². The van der Waals surface area contributed by atoms with E-state index in [1.807, 2.05) is 37.3 Å². The second-order valence-electron chi connectivity index (χ2n) is 13.9. The van der Waals surface area contributed by atoms with Gasteiger partial charge in [-0.15, -0.1) is 0 Å². The number of imide groups is 1. The minimum absolute atomic E-state index is 0.128. The van der Waals surface area contributed by atoms with Crippen molar-refractivity contribution in [1.82, 2.24) is 4.98 Å². The first-order valence-electron chi connectivity index (χ1n) is 16.7. The normalized spacial score (nSPS) is 27.7. The first-order valence-corrected chi connectivity index (χ1v) is 16.7. The van der Waals surface area contributed by atoms with Crippen LogP contribution in [0.1, 0.15) is 45.1 Å². The summed E-state index contributed by atoms with van der Waals surface area (Å²) in [6.45, 7) is 5.21. The number of nitrogens with zero attached hydrogens (tertiary/aromatic N) is 2. The summed E-state index contributed by atoms with van der Waals surface area (Å²) in [5, 5.41) is 10.8. The van der Waals surface area contributed by atoms with Gasteiger partial charge in [-0.05, 0) is 97.8 Å². The molecule has 2 fully saturated rings. The van der Waals surface area contributed by atoms with Gasteiger partial charge in [0.15, 0.2) is 28.6 Å². The number of ether oxygens (including phenoxy) is 2. The van der Waals surface area contributed by atoms with Gasteiger partial charge in [-0.3, -0.25) is 24.1 Å². The maximum Gasteiger partial charge on any atom is 0.238 e. The number of aromatic nitrogens is 1. The largest absolute Gasteiger partial charge is 0.502 e. The van der Waals surface area contributed by atoms with Gasteiger partial charge in [0, 0.05) is 17.4 Å². The summed E-state index contributed by atoms with van der Waals surface area (Å²) in [6, 6.07) is 17.8. The zero-order chi connectivity index (χ0) is 35.2. The Morgan fingerprint density at radius 3 is 2.24 bits per heavy atom. The van der Waals surface area contributed by atoms with Crippen molar-refractivity contribution in [2.45, 2.75) is 39.5 Å². The molecular weight excluding hydrogens is 636 g/mol. The molecule has 0 unspecified atom stereocenters. The smallest absolute Gasteiger partial charge is 0.238 e. The molecule has 1 aliphatic heterocycles. The number of aromatic hydroxyl groups is 1. The lowest BCUT2D eigenvalue weighted by Gasteiger charge is -2.54. The molecule has 254 valence electrons. The number of phenols is 1. The van der Waals surface area contributed by atoms with Crippen molar-refractivity contribution in [2.24, 2.45) is 29.1 Å². The standard InChI is InChI=1S/C40H36N2O8/c1-19-20(2)36(45)40(3)27(34(19)43)18-26-24(33(40)22-16-30(48-4)35(44)31(17-22)49-5)14-15-25-32(26)39(47)42(38(25)46)23-12-10-21(11-13-23)37-41-28-8-6-7-9-29(28)50-37/h6-14,16-17,25-27,32-33,44H,15,18H2,1-5H3/t25-,26+,27-,32-,33-,40+/m0/s1. The second kappa shape index (κ2) is 11.3. The van der Waals surface area contributed by atoms with Gasteiger partial charge in [0.2, 0.25) is 23.5 Å². The number of fused-ring (bicyclic) bond motifs is 5. The van der Waals surface area contributed by atoms with Crippen LogP contribution in [-0.4, -0.2) is 47.7 Å². The van der Waals surface area contributed by atoms with Gasteiger partial charge in [-0.2, -0.15) is 0 Å². The van der Waals surface area contributed by atoms with E-state index < -0.39 is 35.0 Å². The van der Waals surface area contributed by atoms with Crippen molar-refractivity contribution < 1.29 is 38.2 Å². The summed E-state index contributed by atoms with van der Waals surface area (Å²) in [4.78, 5) is 62.8. The number of amides is 2. The maximum atomic E-state index is 14.5. The van der Waals surface area contributed by atoms with E-state index in [9.17, 15) is 24.3 Å². The minimum atomic E-state index is -1.19. The highest BCUT2D eigenvalue weighted by molar-refractivity contribution is 6.22. The fourth-order valence-corrected chi connectivity index (χ4v) is 9.04. The SMILES string of the molecule is COc1cc([C@H]2C3=CC[C@@H]4C(=O)N(c5ccc(-c6nc7ccccc7o6)cc5)C(=O)[C@@H]4[C@@H]3C[C@H]3C(=O)C(C)=C(C)C(=O)[C@@]23C)cc(OC)c1O. The van der Waals surface area contributed by atoms with Gasteiger partial charge in [0.05, 0.1) is 37.2 Å². The summed E-state index contributed by atoms with van der Waals surface area (Å²) >= 11 is 0. The molecule has 50 heavy (non-hydrogen) atoms. The van der Waals surface area contributed by atoms with Crippen LogP contribution in [0, 0.1) is 29.1 Å². The Morgan fingerprint density at radius 1 is 0.900 bits per heavy atom. The summed E-state index contributed by atoms with van der Waals surface area (Å²) in [5.74, 6) is -3.51. The molecule has 0 bridgehead atoms. The molecule has 2 heterocycles. The van der Waals surface area contributed by atoms with Crippen molar-refractivity contribution in [2.75, 3.05) is 19.1 Å². The average molecular weight is 673 g/mol. The van der Waals surface area contributed by atoms with E-state index in [2.05, 4.69) is 4.98 Å². The van der Waals surface area contributed by atoms with Crippen molar-refractivity contribution in [3.8, 4) is 28.7 Å². The van der Waals surface area contributed by atoms with Gasteiger partial charge in [-0.1, -0.05) is 30.7 Å². The predicted molar refractivity (Wildman–Crippen MR) is 184 cm³/mol. The van der Waals surface area contributed by atoms with E-state index in [0.717, 1.165) is 11.1 Å². The Bertz CT molecular complexity index is 2150. The molecule has 10 heteroatoms. The molecule has 6 atom stereocenters. The average Bonchev–Trinajstić information content (AvgIpc) is 3.68. The Balaban J connectivity index is 1.20. The lowest BCUT2D eigenvalue weighted by molar-refractivity contribution is -0.142. The highest BCUT2D eigenvalue weighted by atomic mass is 16.5. The van der Waals surface area contributed by atoms with Gasteiger partial charge in [-0.25, -0.2) is 4.98 Å². The molecule has 1 aromatic heterocycles. The Kier molecular flexibility index (Phi) is 7.15. The number of allylic oxidation sites excluding steroid dienone is 4. The molecule has 3 aliphatic carbocycles. The van der Waals surface area contributed by atoms with E-state index in [1.165, 1.54) is 19.1 Å². The van der Waals surface area contributed by atoms with Crippen molar-refractivity contribution in [1.29, 1.82) is 0 Å². The predicted octanol–water partition coefficient (Wildman–Crippen LogP) is 6.57. The molecule has 0 spiro atoms. The zero-order valence-corrected chi connectivity index (χ0v) is 28.4. The number of rotatable bonds is 5. The van der Waals surface area contributed by atoms with Crippen LogP contribution in [0.4, 0.5) is 5.69 Å². The van der Waals surface area contributed by atoms with Gasteiger partial charge in [0.1, 0.15) is 5.52 Å². The third-order valence-electron chi connectivity index (χ3n) is 11.7. The van der Waals surface area contributed by atoms with Crippen LogP contribution < -0.4 is 14.4 Å². The summed E-state index contributed by atoms with van der Waals surface area (Å²) < 4.78 is 16.9. The number of carbonyl (C=O) groups is 4. The van der Waals surface area contributed by atoms with Crippen LogP contribution in [0.2, 0.25) is 0 Å². The molecule has 0 radical (unpaired) electrons. The lowest BCUT2D eigenvalue weighted by Crippen LogP contribution is -2.55. The van der Waals surface area contributed by atoms with E-state index in [1.54, 1.807) is 50.2 Å². The number of hydrogen-bond donors (Lipinski definition) is 1. The molecule has 1 N–H and O–H groups in total. The fourth-order valence-electron chi connectivity index (χ4n) is 9.04. The second-order valence-corrected chi connectivity index (χ2v) is 13.9. The first kappa shape index (κ1) is 31.7. The van der Waals surface area contributed by atoms with Crippen LogP contribution in [0.15, 0.2) is 87.9 Å². The number of ketones is 2. The third-order valence-corrected chi connectivity index (χ3v) is 11.7. The molecule has 10 nitrogen and oxygen atoms in total. The highest BCUT2D eigenvalue weighted by Crippen LogP contribution is 2.64.